The Hall–Kier alpha value is -5.26. The predicted octanol–water partition coefficient (Wildman–Crippen LogP) is 4.82. The molecule has 1 unspecified atom stereocenters. The average Bonchev–Trinajstić information content (AvgIpc) is 3.75. The number of halogens is 2. The largest absolute Gasteiger partial charge is 0.490 e. The molecule has 8 rings (SSSR count). The minimum atomic E-state index is -1.03. The smallest absolute Gasteiger partial charge is 0.266 e. The highest BCUT2D eigenvalue weighted by Gasteiger charge is 2.46. The number of aromatic nitrogens is 4. The van der Waals surface area contributed by atoms with Crippen molar-refractivity contribution >= 4 is 75.5 Å². The van der Waals surface area contributed by atoms with Gasteiger partial charge in [-0.15, -0.1) is 4.31 Å². The van der Waals surface area contributed by atoms with Gasteiger partial charge in [-0.2, -0.15) is 5.10 Å². The molecule has 2 atom stereocenters. The van der Waals surface area contributed by atoms with Gasteiger partial charge in [-0.25, -0.2) is 4.98 Å². The van der Waals surface area contributed by atoms with Gasteiger partial charge < -0.3 is 19.1 Å². The number of rotatable bonds is 14. The van der Waals surface area contributed by atoms with Crippen LogP contribution in [0, 0.1) is 0 Å². The summed E-state index contributed by atoms with van der Waals surface area (Å²) in [6, 6.07) is 13.6. The van der Waals surface area contributed by atoms with E-state index in [-0.39, 0.29) is 36.3 Å². The highest BCUT2D eigenvalue weighted by molar-refractivity contribution is 7.76. The van der Waals surface area contributed by atoms with Crippen molar-refractivity contribution in [1.29, 1.82) is 0 Å². The topological polar surface area (TPSA) is 172 Å². The summed E-state index contributed by atoms with van der Waals surface area (Å²) in [5.74, 6) is 0.385. The summed E-state index contributed by atoms with van der Waals surface area (Å²) >= 11 is 13.9. The number of hydrogen-bond donors (Lipinski definition) is 2. The van der Waals surface area contributed by atoms with Crippen LogP contribution < -0.4 is 19.7 Å². The second kappa shape index (κ2) is 17.3. The number of hydrogen-bond acceptors (Lipinski definition) is 12. The van der Waals surface area contributed by atoms with Crippen LogP contribution in [0.2, 0.25) is 10.0 Å². The lowest BCUT2D eigenvalue weighted by atomic mass is 10.0. The van der Waals surface area contributed by atoms with Gasteiger partial charge in [-0.05, 0) is 55.8 Å². The van der Waals surface area contributed by atoms with Crippen molar-refractivity contribution in [2.75, 3.05) is 56.7 Å². The number of nitrogens with zero attached hydrogens (tertiary/aromatic N) is 6. The first kappa shape index (κ1) is 39.6. The highest BCUT2D eigenvalue weighted by Crippen LogP contribution is 2.36. The summed E-state index contributed by atoms with van der Waals surface area (Å²) in [7, 11) is 0. The van der Waals surface area contributed by atoms with Crippen molar-refractivity contribution in [2.24, 2.45) is 0 Å². The molecular formula is C40H39Cl2N8O7S+. The molecule has 18 heteroatoms. The van der Waals surface area contributed by atoms with Crippen molar-refractivity contribution in [1.82, 2.24) is 34.7 Å². The Morgan fingerprint density at radius 1 is 0.931 bits per heavy atom. The van der Waals surface area contributed by atoms with Crippen molar-refractivity contribution in [3.8, 4) is 22.8 Å². The molecule has 0 bridgehead atoms. The van der Waals surface area contributed by atoms with Gasteiger partial charge in [0.05, 0.1) is 64.9 Å². The van der Waals surface area contributed by atoms with Gasteiger partial charge in [-0.3, -0.25) is 39.5 Å². The first-order valence-corrected chi connectivity index (χ1v) is 20.6. The third-order valence-corrected chi connectivity index (χ3v) is 12.0. The molecule has 6 heterocycles. The van der Waals surface area contributed by atoms with Crippen molar-refractivity contribution < 1.29 is 33.4 Å². The third-order valence-electron chi connectivity index (χ3n) is 10.2. The number of carbonyl (C=O) groups is 4. The minimum Gasteiger partial charge on any atom is -0.490 e. The number of amides is 4. The number of piperidine rings is 1. The van der Waals surface area contributed by atoms with Crippen LogP contribution >= 0.6 is 23.2 Å². The number of anilines is 1. The van der Waals surface area contributed by atoms with E-state index in [2.05, 4.69) is 29.7 Å². The Kier molecular flexibility index (Phi) is 11.8. The molecule has 58 heavy (non-hydrogen) atoms. The quantitative estimate of drug-likeness (QED) is 0.0678. The van der Waals surface area contributed by atoms with Gasteiger partial charge in [0.1, 0.15) is 47.5 Å². The molecule has 15 nitrogen and oxygen atoms in total. The average molecular weight is 847 g/mol. The molecule has 3 aliphatic rings. The Morgan fingerprint density at radius 3 is 2.50 bits per heavy atom. The molecule has 300 valence electrons. The van der Waals surface area contributed by atoms with E-state index in [1.54, 1.807) is 24.5 Å². The van der Waals surface area contributed by atoms with Gasteiger partial charge >= 0.3 is 0 Å². The summed E-state index contributed by atoms with van der Waals surface area (Å²) in [5, 5.41) is 11.7. The monoisotopic (exact) mass is 845 g/mol. The highest BCUT2D eigenvalue weighted by atomic mass is 35.5. The number of benzene rings is 2. The number of aromatic amines is 1. The van der Waals surface area contributed by atoms with Crippen molar-refractivity contribution in [2.45, 2.75) is 31.9 Å². The SMILES string of the molecule is C[C@@H](Oc1ccc2[nH]nc(-c3ccc(N4CCN([SH+]CCOCCOc5cccc6c5C(=O)N(C5CCC(=O)NC5=O)C6=O)CC4)nc3)c2c1)c1c(Cl)cncc1Cl. The van der Waals surface area contributed by atoms with Gasteiger partial charge in [0, 0.05) is 54.6 Å². The second-order valence-electron chi connectivity index (χ2n) is 13.9. The first-order chi connectivity index (χ1) is 28.2. The van der Waals surface area contributed by atoms with Crippen LogP contribution in [0.5, 0.6) is 11.5 Å². The lowest BCUT2D eigenvalue weighted by Crippen LogP contribution is -2.54. The van der Waals surface area contributed by atoms with Crippen LogP contribution in [-0.2, 0) is 26.3 Å². The number of pyridine rings is 2. The van der Waals surface area contributed by atoms with E-state index >= 15 is 0 Å². The molecule has 2 fully saturated rings. The van der Waals surface area contributed by atoms with E-state index in [9.17, 15) is 19.2 Å². The van der Waals surface area contributed by atoms with Crippen molar-refractivity contribution in [3.63, 3.8) is 0 Å². The van der Waals surface area contributed by atoms with E-state index in [4.69, 9.17) is 42.4 Å². The summed E-state index contributed by atoms with van der Waals surface area (Å²) in [5.41, 5.74) is 3.51. The maximum absolute atomic E-state index is 13.3. The van der Waals surface area contributed by atoms with Gasteiger partial charge in [0.2, 0.25) is 11.8 Å². The van der Waals surface area contributed by atoms with Crippen molar-refractivity contribution in [3.05, 3.63) is 93.9 Å². The molecule has 5 aromatic rings. The first-order valence-electron chi connectivity index (χ1n) is 18.8. The number of piperazine rings is 1. The minimum absolute atomic E-state index is 0.0562. The fourth-order valence-electron chi connectivity index (χ4n) is 7.30. The zero-order valence-electron chi connectivity index (χ0n) is 31.3. The summed E-state index contributed by atoms with van der Waals surface area (Å²) in [6.45, 7) is 6.36. The van der Waals surface area contributed by atoms with Crippen LogP contribution in [-0.4, -0.2) is 111 Å². The zero-order valence-corrected chi connectivity index (χ0v) is 33.7. The number of fused-ring (bicyclic) bond motifs is 2. The molecule has 2 aromatic carbocycles. The van der Waals surface area contributed by atoms with Crippen LogP contribution in [0.15, 0.2) is 67.1 Å². The van der Waals surface area contributed by atoms with Crippen LogP contribution in [0.1, 0.15) is 52.1 Å². The number of H-pyrrole nitrogens is 1. The standard InChI is InChI=1S/C40H38Cl2N8O7S/c1-23(35-28(41)21-43-22-29(35)42)57-25-6-7-30-27(19-25)37(47-46-30)24-5-9-33(44-20-24)48-11-13-49(14-12-48)58-18-17-55-15-16-56-32-4-2-3-26-36(32)40(54)50(39(26)53)31-8-10-34(51)45-38(31)52/h2-7,9,19-23,31H,8,10-18H2,1H3,(H,46,47)(H,45,51,52)/p+1/t23-,31?/m1/s1. The molecule has 2 saturated heterocycles. The molecule has 0 aliphatic carbocycles. The Morgan fingerprint density at radius 2 is 1.74 bits per heavy atom. The second-order valence-corrected chi connectivity index (χ2v) is 16.0. The zero-order chi connectivity index (χ0) is 40.3. The van der Waals surface area contributed by atoms with E-state index in [1.165, 1.54) is 18.0 Å². The fraction of sp³-hybridized carbons (Fsp3) is 0.325. The van der Waals surface area contributed by atoms with Crippen LogP contribution in [0.4, 0.5) is 5.82 Å². The summed E-state index contributed by atoms with van der Waals surface area (Å²) < 4.78 is 20.3. The number of imide groups is 2. The molecule has 0 saturated carbocycles. The predicted molar refractivity (Wildman–Crippen MR) is 219 cm³/mol. The van der Waals surface area contributed by atoms with E-state index in [1.807, 2.05) is 43.5 Å². The van der Waals surface area contributed by atoms with Crippen LogP contribution in [0.3, 0.4) is 0 Å². The van der Waals surface area contributed by atoms with Gasteiger partial charge in [-0.1, -0.05) is 29.3 Å². The number of carbonyl (C=O) groups excluding carboxylic acids is 4. The maximum atomic E-state index is 13.3. The Bertz CT molecular complexity index is 2350. The Balaban J connectivity index is 0.767. The molecule has 3 aliphatic heterocycles. The number of nitrogens with one attached hydrogen (secondary N) is 2. The molecule has 2 N–H and O–H groups in total. The fourth-order valence-corrected chi connectivity index (χ4v) is 8.93. The third kappa shape index (κ3) is 8.20. The normalized spacial score (nSPS) is 17.8. The van der Waals surface area contributed by atoms with E-state index in [0.29, 0.717) is 34.6 Å². The lowest BCUT2D eigenvalue weighted by Gasteiger charge is -2.31. The molecule has 0 radical (unpaired) electrons. The van der Waals surface area contributed by atoms with E-state index in [0.717, 1.165) is 64.8 Å². The molecule has 0 spiro atoms. The maximum Gasteiger partial charge on any atom is 0.266 e. The summed E-state index contributed by atoms with van der Waals surface area (Å²) in [4.78, 5) is 62.3. The van der Waals surface area contributed by atoms with Crippen LogP contribution in [0.25, 0.3) is 22.2 Å². The summed E-state index contributed by atoms with van der Waals surface area (Å²) in [6.07, 6.45) is 4.70. The lowest BCUT2D eigenvalue weighted by molar-refractivity contribution is -0.136. The number of ether oxygens (including phenoxy) is 3. The molecule has 4 amide bonds. The Labute approximate surface area is 347 Å². The van der Waals surface area contributed by atoms with Gasteiger partial charge in [0.25, 0.3) is 11.8 Å². The number of thiol groups is 1. The molecule has 3 aromatic heterocycles. The molecular weight excluding hydrogens is 807 g/mol. The van der Waals surface area contributed by atoms with E-state index < -0.39 is 35.8 Å². The van der Waals surface area contributed by atoms with Gasteiger partial charge in [0.15, 0.2) is 0 Å².